The molecular weight excluding hydrogens is 262 g/mol. The number of hydrogen-bond donors (Lipinski definition) is 0. The molecule has 3 rings (SSSR count). The van der Waals surface area contributed by atoms with Crippen molar-refractivity contribution in [2.24, 2.45) is 10.8 Å². The molecule has 0 aromatic carbocycles. The number of fused-ring (bicyclic) bond motifs is 1. The molecule has 0 bridgehead atoms. The zero-order valence-electron chi connectivity index (χ0n) is 14.4. The molecule has 0 unspecified atom stereocenters. The fraction of sp³-hybridized carbons (Fsp3) is 0.941. The summed E-state index contributed by atoms with van der Waals surface area (Å²) in [6.07, 6.45) is 3.86. The van der Waals surface area contributed by atoms with Gasteiger partial charge in [-0.1, -0.05) is 0 Å². The van der Waals surface area contributed by atoms with Crippen LogP contribution in [0.1, 0.15) is 47.0 Å². The van der Waals surface area contributed by atoms with Gasteiger partial charge in [0.15, 0.2) is 0 Å². The first kappa shape index (κ1) is 15.1. The fourth-order valence-corrected chi connectivity index (χ4v) is 4.26. The first-order chi connectivity index (χ1) is 9.80. The van der Waals surface area contributed by atoms with Gasteiger partial charge in [-0.15, -0.1) is 0 Å². The van der Waals surface area contributed by atoms with E-state index in [1.165, 1.54) is 32.4 Å². The van der Waals surface area contributed by atoms with Gasteiger partial charge in [0.25, 0.3) is 0 Å². The lowest BCUT2D eigenvalue weighted by atomic mass is 9.62. The van der Waals surface area contributed by atoms with E-state index in [2.05, 4.69) is 37.5 Å². The summed E-state index contributed by atoms with van der Waals surface area (Å²) in [7, 11) is 1.93. The maximum atomic E-state index is 12.6. The minimum atomic E-state index is 0.228. The van der Waals surface area contributed by atoms with Gasteiger partial charge >= 0.3 is 6.03 Å². The van der Waals surface area contributed by atoms with E-state index in [-0.39, 0.29) is 12.1 Å². The fourth-order valence-electron chi connectivity index (χ4n) is 4.26. The molecule has 0 radical (unpaired) electrons. The molecule has 0 aromatic heterocycles. The predicted octanol–water partition coefficient (Wildman–Crippen LogP) is 2.64. The summed E-state index contributed by atoms with van der Waals surface area (Å²) in [6, 6.07) is 1.17. The lowest BCUT2D eigenvalue weighted by molar-refractivity contribution is -0.110. The Labute approximate surface area is 129 Å². The van der Waals surface area contributed by atoms with Gasteiger partial charge in [-0.3, -0.25) is 4.90 Å². The third-order valence-electron chi connectivity index (χ3n) is 6.42. The number of carbonyl (C=O) groups excluding carboxylic acids is 1. The largest absolute Gasteiger partial charge is 0.325 e. The Morgan fingerprint density at radius 1 is 1.00 bits per heavy atom. The number of hydrogen-bond acceptors (Lipinski definition) is 2. The molecular formula is C17H31N3O. The molecule has 2 aliphatic heterocycles. The Bertz CT molecular complexity index is 422. The highest BCUT2D eigenvalue weighted by atomic mass is 16.2. The molecule has 3 aliphatic rings. The zero-order valence-corrected chi connectivity index (χ0v) is 14.4. The van der Waals surface area contributed by atoms with E-state index in [1.54, 1.807) is 0 Å². The van der Waals surface area contributed by atoms with E-state index < -0.39 is 0 Å². The Balaban J connectivity index is 1.66. The van der Waals surface area contributed by atoms with E-state index in [1.807, 2.05) is 11.9 Å². The molecule has 2 spiro atoms. The Hall–Kier alpha value is -0.770. The van der Waals surface area contributed by atoms with Crippen molar-refractivity contribution < 1.29 is 4.79 Å². The minimum absolute atomic E-state index is 0.228. The summed E-state index contributed by atoms with van der Waals surface area (Å²) in [5, 5.41) is 0. The molecule has 1 aliphatic carbocycles. The highest BCUT2D eigenvalue weighted by molar-refractivity contribution is 5.74. The van der Waals surface area contributed by atoms with E-state index in [9.17, 15) is 4.79 Å². The monoisotopic (exact) mass is 293 g/mol. The molecule has 1 saturated carbocycles. The van der Waals surface area contributed by atoms with Crippen LogP contribution in [0.3, 0.4) is 0 Å². The van der Waals surface area contributed by atoms with Gasteiger partial charge in [0.2, 0.25) is 0 Å². The van der Waals surface area contributed by atoms with Crippen LogP contribution in [0.15, 0.2) is 0 Å². The highest BCUT2D eigenvalue weighted by Gasteiger charge is 2.66. The molecule has 0 atom stereocenters. The standard InChI is InChI=1S/C17H31N3O/c1-13(2)18(5)15(21)19-9-8-17(16(10-19)6-7-16)11-20(12-17)14(3)4/h13-14H,6-12H2,1-5H3. The van der Waals surface area contributed by atoms with Crippen LogP contribution in [-0.4, -0.2) is 66.0 Å². The lowest BCUT2D eigenvalue weighted by Crippen LogP contribution is -2.68. The first-order valence-electron chi connectivity index (χ1n) is 8.56. The summed E-state index contributed by atoms with van der Waals surface area (Å²) in [4.78, 5) is 19.2. The van der Waals surface area contributed by atoms with Crippen LogP contribution in [0, 0.1) is 10.8 Å². The average Bonchev–Trinajstić information content (AvgIpc) is 3.14. The quantitative estimate of drug-likeness (QED) is 0.782. The summed E-state index contributed by atoms with van der Waals surface area (Å²) in [5.74, 6) is 0. The molecule has 0 N–H and O–H groups in total. The van der Waals surface area contributed by atoms with Crippen molar-refractivity contribution in [3.05, 3.63) is 0 Å². The molecule has 2 heterocycles. The normalized spacial score (nSPS) is 26.5. The van der Waals surface area contributed by atoms with Crippen LogP contribution < -0.4 is 0 Å². The van der Waals surface area contributed by atoms with Crippen molar-refractivity contribution in [3.63, 3.8) is 0 Å². The van der Waals surface area contributed by atoms with Gasteiger partial charge in [0.1, 0.15) is 0 Å². The molecule has 120 valence electrons. The Morgan fingerprint density at radius 3 is 2.10 bits per heavy atom. The average molecular weight is 293 g/mol. The number of carbonyl (C=O) groups is 1. The van der Waals surface area contributed by atoms with Gasteiger partial charge < -0.3 is 9.80 Å². The Kier molecular flexibility index (Phi) is 3.51. The van der Waals surface area contributed by atoms with Gasteiger partial charge in [-0.2, -0.15) is 0 Å². The van der Waals surface area contributed by atoms with Crippen molar-refractivity contribution >= 4 is 6.03 Å². The van der Waals surface area contributed by atoms with Crippen molar-refractivity contribution in [2.75, 3.05) is 33.2 Å². The van der Waals surface area contributed by atoms with Crippen LogP contribution in [0.4, 0.5) is 4.79 Å². The third-order valence-corrected chi connectivity index (χ3v) is 6.42. The maximum Gasteiger partial charge on any atom is 0.319 e. The van der Waals surface area contributed by atoms with Crippen molar-refractivity contribution in [1.29, 1.82) is 0 Å². The van der Waals surface area contributed by atoms with Crippen molar-refractivity contribution in [1.82, 2.24) is 14.7 Å². The molecule has 21 heavy (non-hydrogen) atoms. The number of urea groups is 1. The van der Waals surface area contributed by atoms with Gasteiger partial charge in [-0.25, -0.2) is 4.79 Å². The second-order valence-corrected chi connectivity index (χ2v) is 8.22. The number of amides is 2. The summed E-state index contributed by atoms with van der Waals surface area (Å²) < 4.78 is 0. The molecule has 2 saturated heterocycles. The smallest absolute Gasteiger partial charge is 0.319 e. The van der Waals surface area contributed by atoms with E-state index in [0.29, 0.717) is 16.9 Å². The summed E-state index contributed by atoms with van der Waals surface area (Å²) in [6.45, 7) is 13.2. The molecule has 3 fully saturated rings. The summed E-state index contributed by atoms with van der Waals surface area (Å²) in [5.41, 5.74) is 0.967. The van der Waals surface area contributed by atoms with Crippen molar-refractivity contribution in [3.8, 4) is 0 Å². The van der Waals surface area contributed by atoms with Crippen LogP contribution in [0.2, 0.25) is 0 Å². The molecule has 4 heteroatoms. The number of rotatable bonds is 2. The van der Waals surface area contributed by atoms with Gasteiger partial charge in [0.05, 0.1) is 0 Å². The Morgan fingerprint density at radius 2 is 1.62 bits per heavy atom. The predicted molar refractivity (Wildman–Crippen MR) is 85.3 cm³/mol. The third kappa shape index (κ3) is 2.26. The molecule has 0 aromatic rings. The lowest BCUT2D eigenvalue weighted by Gasteiger charge is -2.60. The number of likely N-dealkylation sites (tertiary alicyclic amines) is 2. The van der Waals surface area contributed by atoms with E-state index in [0.717, 1.165) is 13.1 Å². The van der Waals surface area contributed by atoms with E-state index in [4.69, 9.17) is 0 Å². The second kappa shape index (κ2) is 4.87. The SMILES string of the molecule is CC(C)N1CC2(CCN(C(=O)N(C)C(C)C)CC23CC3)C1. The van der Waals surface area contributed by atoms with Gasteiger partial charge in [-0.05, 0) is 52.4 Å². The van der Waals surface area contributed by atoms with Crippen LogP contribution in [0.5, 0.6) is 0 Å². The summed E-state index contributed by atoms with van der Waals surface area (Å²) >= 11 is 0. The van der Waals surface area contributed by atoms with Crippen LogP contribution in [0.25, 0.3) is 0 Å². The zero-order chi connectivity index (χ0) is 15.4. The van der Waals surface area contributed by atoms with Crippen LogP contribution >= 0.6 is 0 Å². The van der Waals surface area contributed by atoms with Crippen LogP contribution in [-0.2, 0) is 0 Å². The minimum Gasteiger partial charge on any atom is -0.325 e. The first-order valence-corrected chi connectivity index (χ1v) is 8.56. The second-order valence-electron chi connectivity index (χ2n) is 8.22. The van der Waals surface area contributed by atoms with E-state index >= 15 is 0 Å². The maximum absolute atomic E-state index is 12.6. The highest BCUT2D eigenvalue weighted by Crippen LogP contribution is 2.65. The van der Waals surface area contributed by atoms with Crippen molar-refractivity contribution in [2.45, 2.75) is 59.0 Å². The van der Waals surface area contributed by atoms with Gasteiger partial charge in [0, 0.05) is 50.7 Å². The number of nitrogens with zero attached hydrogens (tertiary/aromatic N) is 3. The number of piperidine rings is 1. The molecule has 4 nitrogen and oxygen atoms in total. The topological polar surface area (TPSA) is 26.8 Å². The molecule has 2 amide bonds.